The van der Waals surface area contributed by atoms with Crippen molar-refractivity contribution in [2.24, 2.45) is 4.99 Å². The lowest BCUT2D eigenvalue weighted by molar-refractivity contribution is 0.413. The summed E-state index contributed by atoms with van der Waals surface area (Å²) in [4.78, 5) is 6.87. The number of anilines is 1. The second-order valence-corrected chi connectivity index (χ2v) is 7.11. The molecule has 136 valence electrons. The number of phenolic OH excluding ortho intramolecular Hbond substituents is 1. The molecular weight excluding hydrogens is 324 g/mol. The van der Waals surface area contributed by atoms with E-state index >= 15 is 0 Å². The normalized spacial score (nSPS) is 15.7. The summed E-state index contributed by atoms with van der Waals surface area (Å²) in [7, 11) is 1.68. The Balaban J connectivity index is 2.08. The minimum Gasteiger partial charge on any atom is -0.508 e. The van der Waals surface area contributed by atoms with Gasteiger partial charge in [-0.3, -0.25) is 4.99 Å². The van der Waals surface area contributed by atoms with E-state index in [2.05, 4.69) is 55.8 Å². The zero-order chi connectivity index (χ0) is 18.9. The van der Waals surface area contributed by atoms with Crippen molar-refractivity contribution in [2.75, 3.05) is 18.6 Å². The fraction of sp³-hybridized carbons (Fsp3) is 0.318. The average Bonchev–Trinajstić information content (AvgIpc) is 2.59. The van der Waals surface area contributed by atoms with E-state index in [1.165, 1.54) is 16.8 Å². The average molecular weight is 350 g/mol. The molecule has 0 aliphatic carbocycles. The predicted molar refractivity (Wildman–Crippen MR) is 109 cm³/mol. The molecule has 26 heavy (non-hydrogen) atoms. The number of fused-ring (bicyclic) bond motifs is 1. The molecule has 0 unspecified atom stereocenters. The molecule has 1 N–H and O–H groups in total. The summed E-state index contributed by atoms with van der Waals surface area (Å²) in [6.45, 7) is 9.70. The molecule has 2 aromatic carbocycles. The molecule has 0 atom stereocenters. The highest BCUT2D eigenvalue weighted by Crippen LogP contribution is 2.41. The van der Waals surface area contributed by atoms with Crippen LogP contribution in [0.2, 0.25) is 0 Å². The van der Waals surface area contributed by atoms with Gasteiger partial charge in [-0.1, -0.05) is 12.1 Å². The van der Waals surface area contributed by atoms with E-state index in [-0.39, 0.29) is 11.3 Å². The van der Waals surface area contributed by atoms with Gasteiger partial charge in [0.15, 0.2) is 0 Å². The number of ether oxygens (including phenoxy) is 1. The Morgan fingerprint density at radius 1 is 1.23 bits per heavy atom. The van der Waals surface area contributed by atoms with Crippen LogP contribution in [0.4, 0.5) is 11.4 Å². The molecular formula is C22H26N2O2. The van der Waals surface area contributed by atoms with Crippen LogP contribution in [0.1, 0.15) is 38.8 Å². The lowest BCUT2D eigenvalue weighted by Gasteiger charge is -2.43. The van der Waals surface area contributed by atoms with Gasteiger partial charge < -0.3 is 14.7 Å². The number of aliphatic imine (C=N–C) groups is 1. The van der Waals surface area contributed by atoms with Crippen molar-refractivity contribution >= 4 is 23.2 Å². The van der Waals surface area contributed by atoms with Gasteiger partial charge in [0.2, 0.25) is 0 Å². The third-order valence-corrected chi connectivity index (χ3v) is 4.83. The number of likely N-dealkylation sites (N-methyl/N-ethyl adjacent to an activating group) is 1. The maximum atomic E-state index is 9.60. The monoisotopic (exact) mass is 350 g/mol. The van der Waals surface area contributed by atoms with Crippen molar-refractivity contribution in [3.05, 3.63) is 53.6 Å². The van der Waals surface area contributed by atoms with Crippen LogP contribution in [0.15, 0.2) is 47.5 Å². The largest absolute Gasteiger partial charge is 0.508 e. The van der Waals surface area contributed by atoms with E-state index in [1.54, 1.807) is 31.5 Å². The number of rotatable bonds is 4. The van der Waals surface area contributed by atoms with Crippen molar-refractivity contribution in [1.29, 1.82) is 0 Å². The summed E-state index contributed by atoms with van der Waals surface area (Å²) in [5.74, 6) is 0.994. The van der Waals surface area contributed by atoms with Crippen molar-refractivity contribution in [3.63, 3.8) is 0 Å². The topological polar surface area (TPSA) is 45.1 Å². The molecule has 0 amide bonds. The molecule has 2 aromatic rings. The number of methoxy groups -OCH3 is 1. The van der Waals surface area contributed by atoms with E-state index in [4.69, 9.17) is 4.74 Å². The lowest BCUT2D eigenvalue weighted by Crippen LogP contribution is -2.44. The van der Waals surface area contributed by atoms with E-state index in [9.17, 15) is 5.11 Å². The van der Waals surface area contributed by atoms with Gasteiger partial charge in [0, 0.05) is 41.7 Å². The zero-order valence-electron chi connectivity index (χ0n) is 16.1. The molecule has 4 nitrogen and oxygen atoms in total. The SMILES string of the molecule is CCN1c2cc(OC)c(C=Nc3cccc(O)c3)cc2C(C)=CC1(C)C. The van der Waals surface area contributed by atoms with E-state index in [0.717, 1.165) is 17.9 Å². The Hall–Kier alpha value is -2.75. The van der Waals surface area contributed by atoms with Crippen LogP contribution in [-0.2, 0) is 0 Å². The van der Waals surface area contributed by atoms with Crippen LogP contribution in [0, 0.1) is 0 Å². The standard InChI is InChI=1S/C22H26N2O2/c1-6-24-20-12-21(26-5)16(10-19(20)15(2)13-22(24,3)4)14-23-17-8-7-9-18(25)11-17/h7-14,25H,6H2,1-5H3. The first-order valence-corrected chi connectivity index (χ1v) is 8.88. The number of phenols is 1. The Kier molecular flexibility index (Phi) is 4.77. The van der Waals surface area contributed by atoms with Crippen molar-refractivity contribution < 1.29 is 9.84 Å². The van der Waals surface area contributed by atoms with E-state index < -0.39 is 0 Å². The molecule has 0 spiro atoms. The second kappa shape index (κ2) is 6.87. The summed E-state index contributed by atoms with van der Waals surface area (Å²) < 4.78 is 5.63. The highest BCUT2D eigenvalue weighted by molar-refractivity contribution is 5.92. The quantitative estimate of drug-likeness (QED) is 0.773. The fourth-order valence-electron chi connectivity index (χ4n) is 3.69. The van der Waals surface area contributed by atoms with Gasteiger partial charge in [-0.15, -0.1) is 0 Å². The first kappa shape index (κ1) is 18.1. The van der Waals surface area contributed by atoms with Gasteiger partial charge in [0.05, 0.1) is 18.3 Å². The van der Waals surface area contributed by atoms with Gasteiger partial charge in [0.25, 0.3) is 0 Å². The van der Waals surface area contributed by atoms with Crippen LogP contribution in [0.3, 0.4) is 0 Å². The van der Waals surface area contributed by atoms with Gasteiger partial charge in [-0.2, -0.15) is 0 Å². The Morgan fingerprint density at radius 2 is 2.00 bits per heavy atom. The molecule has 0 saturated heterocycles. The highest BCUT2D eigenvalue weighted by Gasteiger charge is 2.31. The third kappa shape index (κ3) is 3.32. The molecule has 1 aliphatic rings. The number of benzene rings is 2. The number of aromatic hydroxyl groups is 1. The lowest BCUT2D eigenvalue weighted by atomic mass is 9.88. The minimum atomic E-state index is -0.0337. The first-order valence-electron chi connectivity index (χ1n) is 8.88. The fourth-order valence-corrected chi connectivity index (χ4v) is 3.69. The maximum Gasteiger partial charge on any atom is 0.129 e. The molecule has 1 heterocycles. The third-order valence-electron chi connectivity index (χ3n) is 4.83. The summed E-state index contributed by atoms with van der Waals surface area (Å²) in [6.07, 6.45) is 4.10. The molecule has 0 aromatic heterocycles. The summed E-state index contributed by atoms with van der Waals surface area (Å²) in [6, 6.07) is 11.1. The molecule has 4 heteroatoms. The second-order valence-electron chi connectivity index (χ2n) is 7.11. The van der Waals surface area contributed by atoms with Gasteiger partial charge in [-0.25, -0.2) is 0 Å². The van der Waals surface area contributed by atoms with Gasteiger partial charge in [0.1, 0.15) is 11.5 Å². The van der Waals surface area contributed by atoms with Crippen LogP contribution in [-0.4, -0.2) is 30.5 Å². The van der Waals surface area contributed by atoms with E-state index in [0.29, 0.717) is 5.69 Å². The number of allylic oxidation sites excluding steroid dienone is 1. The highest BCUT2D eigenvalue weighted by atomic mass is 16.5. The van der Waals surface area contributed by atoms with E-state index in [1.807, 2.05) is 6.07 Å². The maximum absolute atomic E-state index is 9.60. The summed E-state index contributed by atoms with van der Waals surface area (Å²) in [5.41, 5.74) is 5.22. The molecule has 0 saturated carbocycles. The summed E-state index contributed by atoms with van der Waals surface area (Å²) >= 11 is 0. The summed E-state index contributed by atoms with van der Waals surface area (Å²) in [5, 5.41) is 9.60. The number of hydrogen-bond donors (Lipinski definition) is 1. The first-order chi connectivity index (χ1) is 12.4. The van der Waals surface area contributed by atoms with Crippen LogP contribution in [0.5, 0.6) is 11.5 Å². The molecule has 0 bridgehead atoms. The molecule has 3 rings (SSSR count). The zero-order valence-corrected chi connectivity index (χ0v) is 16.1. The van der Waals surface area contributed by atoms with Crippen LogP contribution in [0.25, 0.3) is 5.57 Å². The Labute approximate surface area is 155 Å². The smallest absolute Gasteiger partial charge is 0.129 e. The molecule has 0 fully saturated rings. The Bertz CT molecular complexity index is 882. The minimum absolute atomic E-state index is 0.0337. The van der Waals surface area contributed by atoms with Crippen molar-refractivity contribution in [2.45, 2.75) is 33.2 Å². The van der Waals surface area contributed by atoms with Gasteiger partial charge >= 0.3 is 0 Å². The predicted octanol–water partition coefficient (Wildman–Crippen LogP) is 5.17. The van der Waals surface area contributed by atoms with Crippen molar-refractivity contribution in [3.8, 4) is 11.5 Å². The Morgan fingerprint density at radius 3 is 2.65 bits per heavy atom. The molecule has 0 radical (unpaired) electrons. The van der Waals surface area contributed by atoms with Crippen LogP contribution < -0.4 is 9.64 Å². The van der Waals surface area contributed by atoms with Crippen molar-refractivity contribution in [1.82, 2.24) is 0 Å². The number of hydrogen-bond acceptors (Lipinski definition) is 4. The number of nitrogens with zero attached hydrogens (tertiary/aromatic N) is 2. The molecule has 1 aliphatic heterocycles. The van der Waals surface area contributed by atoms with Crippen LogP contribution >= 0.6 is 0 Å². The van der Waals surface area contributed by atoms with Gasteiger partial charge in [-0.05, 0) is 51.5 Å².